The largest absolute Gasteiger partial charge is 0.480 e. The Morgan fingerprint density at radius 3 is 2.40 bits per heavy atom. The lowest BCUT2D eigenvalue weighted by Crippen LogP contribution is -2.43. The van der Waals surface area contributed by atoms with Crippen LogP contribution in [0.3, 0.4) is 0 Å². The summed E-state index contributed by atoms with van der Waals surface area (Å²) in [5, 5.41) is 12.0. The SMILES string of the molecule is CC(C)[C@H](C(=O)OCc1ccccc1)C(=O)C1c2ccccc2CC1NCC(=O)O. The Kier molecular flexibility index (Phi) is 7.00. The van der Waals surface area contributed by atoms with Crippen LogP contribution in [0.5, 0.6) is 0 Å². The maximum Gasteiger partial charge on any atom is 0.317 e. The molecule has 2 N–H and O–H groups in total. The van der Waals surface area contributed by atoms with E-state index in [0.29, 0.717) is 6.42 Å². The average molecular weight is 409 g/mol. The number of rotatable bonds is 9. The van der Waals surface area contributed by atoms with Gasteiger partial charge >= 0.3 is 11.9 Å². The number of carboxylic acid groups (broad SMARTS) is 1. The molecule has 0 saturated carbocycles. The predicted molar refractivity (Wildman–Crippen MR) is 112 cm³/mol. The summed E-state index contributed by atoms with van der Waals surface area (Å²) in [6.45, 7) is 3.52. The highest BCUT2D eigenvalue weighted by atomic mass is 16.5. The van der Waals surface area contributed by atoms with Crippen molar-refractivity contribution in [2.24, 2.45) is 11.8 Å². The Hall–Kier alpha value is -2.99. The van der Waals surface area contributed by atoms with E-state index < -0.39 is 23.8 Å². The Balaban J connectivity index is 1.81. The van der Waals surface area contributed by atoms with E-state index in [1.807, 2.05) is 68.4 Å². The number of nitrogens with one attached hydrogen (secondary N) is 1. The van der Waals surface area contributed by atoms with Crippen LogP contribution in [0.4, 0.5) is 0 Å². The van der Waals surface area contributed by atoms with Crippen LogP contribution >= 0.6 is 0 Å². The van der Waals surface area contributed by atoms with E-state index in [1.165, 1.54) is 0 Å². The minimum Gasteiger partial charge on any atom is -0.480 e. The van der Waals surface area contributed by atoms with Crippen LogP contribution in [0.15, 0.2) is 54.6 Å². The highest BCUT2D eigenvalue weighted by Crippen LogP contribution is 2.37. The summed E-state index contributed by atoms with van der Waals surface area (Å²) in [6, 6.07) is 16.5. The van der Waals surface area contributed by atoms with E-state index in [1.54, 1.807) is 0 Å². The van der Waals surface area contributed by atoms with Crippen LogP contribution < -0.4 is 5.32 Å². The summed E-state index contributed by atoms with van der Waals surface area (Å²) in [6.07, 6.45) is 0.545. The van der Waals surface area contributed by atoms with Crippen LogP contribution in [-0.4, -0.2) is 35.4 Å². The fourth-order valence-electron chi connectivity index (χ4n) is 4.08. The smallest absolute Gasteiger partial charge is 0.317 e. The minimum absolute atomic E-state index is 0.109. The van der Waals surface area contributed by atoms with Crippen LogP contribution in [0, 0.1) is 11.8 Å². The van der Waals surface area contributed by atoms with Gasteiger partial charge in [0.2, 0.25) is 0 Å². The highest BCUT2D eigenvalue weighted by Gasteiger charge is 2.43. The van der Waals surface area contributed by atoms with Gasteiger partial charge in [-0.25, -0.2) is 0 Å². The number of Topliss-reactive ketones (excluding diaryl/α,β-unsaturated/α-hetero) is 1. The number of ether oxygens (including phenoxy) is 1. The van der Waals surface area contributed by atoms with E-state index in [9.17, 15) is 14.4 Å². The number of fused-ring (bicyclic) bond motifs is 1. The number of hydrogen-bond acceptors (Lipinski definition) is 5. The van der Waals surface area contributed by atoms with Gasteiger partial charge in [0.05, 0.1) is 12.5 Å². The van der Waals surface area contributed by atoms with E-state index >= 15 is 0 Å². The van der Waals surface area contributed by atoms with Gasteiger partial charge in [-0.15, -0.1) is 0 Å². The standard InChI is InChI=1S/C24H27NO5/c1-15(2)21(24(29)30-14-16-8-4-3-5-9-16)23(28)22-18-11-7-6-10-17(18)12-19(22)25-13-20(26)27/h3-11,15,19,21-22,25H,12-14H2,1-2H3,(H,26,27)/t19?,21-,22?/m0/s1. The fraction of sp³-hybridized carbons (Fsp3) is 0.375. The second-order valence-electron chi connectivity index (χ2n) is 7.98. The molecule has 0 heterocycles. The lowest BCUT2D eigenvalue weighted by atomic mass is 9.81. The number of carbonyl (C=O) groups excluding carboxylic acids is 2. The predicted octanol–water partition coefficient (Wildman–Crippen LogP) is 2.95. The number of aliphatic carboxylic acids is 1. The quantitative estimate of drug-likeness (QED) is 0.489. The number of benzene rings is 2. The molecule has 2 unspecified atom stereocenters. The molecule has 2 aromatic carbocycles. The molecule has 158 valence electrons. The van der Waals surface area contributed by atoms with E-state index in [0.717, 1.165) is 16.7 Å². The van der Waals surface area contributed by atoms with Crippen LogP contribution in [0.1, 0.15) is 36.5 Å². The molecule has 3 atom stereocenters. The minimum atomic E-state index is -0.986. The zero-order chi connectivity index (χ0) is 21.7. The first kappa shape index (κ1) is 21.7. The van der Waals surface area contributed by atoms with E-state index in [4.69, 9.17) is 9.84 Å². The Morgan fingerprint density at radius 1 is 1.07 bits per heavy atom. The van der Waals surface area contributed by atoms with Gasteiger partial charge in [0.1, 0.15) is 12.5 Å². The summed E-state index contributed by atoms with van der Waals surface area (Å²) in [5.41, 5.74) is 2.71. The lowest BCUT2D eigenvalue weighted by Gasteiger charge is -2.26. The molecule has 3 rings (SSSR count). The molecule has 0 aliphatic heterocycles. The Morgan fingerprint density at radius 2 is 1.73 bits per heavy atom. The van der Waals surface area contributed by atoms with Gasteiger partial charge in [0.15, 0.2) is 5.78 Å². The zero-order valence-corrected chi connectivity index (χ0v) is 17.2. The molecular weight excluding hydrogens is 382 g/mol. The summed E-state index contributed by atoms with van der Waals surface area (Å²) < 4.78 is 5.48. The van der Waals surface area contributed by atoms with Crippen LogP contribution in [0.2, 0.25) is 0 Å². The van der Waals surface area contributed by atoms with E-state index in [2.05, 4.69) is 5.32 Å². The average Bonchev–Trinajstić information content (AvgIpc) is 3.09. The summed E-state index contributed by atoms with van der Waals surface area (Å²) in [4.78, 5) is 37.5. The van der Waals surface area contributed by atoms with Crippen molar-refractivity contribution < 1.29 is 24.2 Å². The van der Waals surface area contributed by atoms with Gasteiger partial charge in [-0.05, 0) is 29.0 Å². The number of esters is 1. The summed E-state index contributed by atoms with van der Waals surface area (Å²) in [5.74, 6) is -3.50. The molecule has 6 nitrogen and oxygen atoms in total. The van der Waals surface area contributed by atoms with Crippen molar-refractivity contribution >= 4 is 17.7 Å². The first-order valence-corrected chi connectivity index (χ1v) is 10.2. The third-order valence-corrected chi connectivity index (χ3v) is 5.51. The normalized spacial score (nSPS) is 18.6. The van der Waals surface area contributed by atoms with Crippen molar-refractivity contribution in [1.82, 2.24) is 5.32 Å². The Bertz CT molecular complexity index is 909. The summed E-state index contributed by atoms with van der Waals surface area (Å²) >= 11 is 0. The van der Waals surface area contributed by atoms with Crippen molar-refractivity contribution in [3.8, 4) is 0 Å². The molecule has 6 heteroatoms. The molecule has 0 bridgehead atoms. The molecule has 30 heavy (non-hydrogen) atoms. The molecule has 1 aliphatic rings. The van der Waals surface area contributed by atoms with Gasteiger partial charge in [0, 0.05) is 6.04 Å². The van der Waals surface area contributed by atoms with Crippen molar-refractivity contribution in [2.45, 2.75) is 38.8 Å². The maximum atomic E-state index is 13.6. The highest BCUT2D eigenvalue weighted by molar-refractivity contribution is 6.03. The molecule has 0 saturated heterocycles. The lowest BCUT2D eigenvalue weighted by molar-refractivity contribution is -0.155. The first-order valence-electron chi connectivity index (χ1n) is 10.2. The van der Waals surface area contributed by atoms with Gasteiger partial charge in [-0.3, -0.25) is 14.4 Å². The maximum absolute atomic E-state index is 13.6. The van der Waals surface area contributed by atoms with Gasteiger partial charge < -0.3 is 15.2 Å². The molecule has 0 spiro atoms. The number of carbonyl (C=O) groups is 3. The molecule has 2 aromatic rings. The van der Waals surface area contributed by atoms with Crippen molar-refractivity contribution in [3.63, 3.8) is 0 Å². The molecule has 0 amide bonds. The van der Waals surface area contributed by atoms with Crippen molar-refractivity contribution in [1.29, 1.82) is 0 Å². The summed E-state index contributed by atoms with van der Waals surface area (Å²) in [7, 11) is 0. The van der Waals surface area contributed by atoms with Crippen LogP contribution in [0.25, 0.3) is 0 Å². The van der Waals surface area contributed by atoms with Crippen LogP contribution in [-0.2, 0) is 32.1 Å². The number of hydrogen-bond donors (Lipinski definition) is 2. The monoisotopic (exact) mass is 409 g/mol. The second kappa shape index (κ2) is 9.67. The third-order valence-electron chi connectivity index (χ3n) is 5.51. The molecule has 0 aromatic heterocycles. The van der Waals surface area contributed by atoms with Gasteiger partial charge in [0.25, 0.3) is 0 Å². The van der Waals surface area contributed by atoms with Crippen molar-refractivity contribution in [3.05, 3.63) is 71.3 Å². The number of ketones is 1. The molecule has 0 fully saturated rings. The fourth-order valence-corrected chi connectivity index (χ4v) is 4.08. The topological polar surface area (TPSA) is 92.7 Å². The number of carboxylic acids is 1. The van der Waals surface area contributed by atoms with Gasteiger partial charge in [-0.1, -0.05) is 68.4 Å². The van der Waals surface area contributed by atoms with Gasteiger partial charge in [-0.2, -0.15) is 0 Å². The van der Waals surface area contributed by atoms with Crippen molar-refractivity contribution in [2.75, 3.05) is 6.54 Å². The van der Waals surface area contributed by atoms with E-state index in [-0.39, 0.29) is 30.9 Å². The first-order chi connectivity index (χ1) is 14.4. The second-order valence-corrected chi connectivity index (χ2v) is 7.98. The Labute approximate surface area is 176 Å². The third kappa shape index (κ3) is 4.94. The molecule has 1 aliphatic carbocycles. The molecular formula is C24H27NO5. The molecule has 0 radical (unpaired) electrons. The zero-order valence-electron chi connectivity index (χ0n) is 17.2.